The fraction of sp³-hybridized carbons (Fsp3) is 0.846. The number of amides is 1. The van der Waals surface area contributed by atoms with Crippen LogP contribution in [0.3, 0.4) is 0 Å². The van der Waals surface area contributed by atoms with Crippen LogP contribution >= 0.6 is 0 Å². The average molecular weight is 255 g/mol. The van der Waals surface area contributed by atoms with Gasteiger partial charge in [-0.3, -0.25) is 9.59 Å². The molecule has 2 unspecified atom stereocenters. The second kappa shape index (κ2) is 6.18. The number of hydrogen-bond donors (Lipinski definition) is 0. The summed E-state index contributed by atoms with van der Waals surface area (Å²) in [6.07, 6.45) is 3.64. The van der Waals surface area contributed by atoms with Crippen LogP contribution in [0.1, 0.15) is 39.0 Å². The minimum Gasteiger partial charge on any atom is -0.466 e. The van der Waals surface area contributed by atoms with E-state index in [1.165, 1.54) is 6.42 Å². The van der Waals surface area contributed by atoms with E-state index in [2.05, 4.69) is 0 Å². The van der Waals surface area contributed by atoms with Crippen molar-refractivity contribution in [3.8, 4) is 0 Å². The first kappa shape index (κ1) is 13.3. The molecule has 2 heterocycles. The predicted octanol–water partition coefficient (Wildman–Crippen LogP) is 1.11. The molecule has 0 aromatic rings. The number of rotatable bonds is 4. The Morgan fingerprint density at radius 2 is 1.89 bits per heavy atom. The van der Waals surface area contributed by atoms with Gasteiger partial charge in [-0.05, 0) is 26.2 Å². The predicted molar refractivity (Wildman–Crippen MR) is 65.0 cm³/mol. The van der Waals surface area contributed by atoms with Crippen LogP contribution in [0.5, 0.6) is 0 Å². The van der Waals surface area contributed by atoms with E-state index < -0.39 is 0 Å². The van der Waals surface area contributed by atoms with Crippen molar-refractivity contribution >= 4 is 11.9 Å². The topological polar surface area (TPSA) is 55.8 Å². The van der Waals surface area contributed by atoms with Crippen LogP contribution in [-0.4, -0.2) is 48.7 Å². The molecule has 2 saturated heterocycles. The third kappa shape index (κ3) is 3.02. The third-order valence-electron chi connectivity index (χ3n) is 3.62. The smallest absolute Gasteiger partial charge is 0.306 e. The van der Waals surface area contributed by atoms with Crippen molar-refractivity contribution in [3.63, 3.8) is 0 Å². The molecule has 5 nitrogen and oxygen atoms in total. The highest BCUT2D eigenvalue weighted by molar-refractivity contribution is 5.82. The normalized spacial score (nSPS) is 26.8. The minimum atomic E-state index is -0.288. The second-order valence-electron chi connectivity index (χ2n) is 4.88. The Bertz CT molecular complexity index is 296. The van der Waals surface area contributed by atoms with Gasteiger partial charge in [0.05, 0.1) is 38.3 Å². The van der Waals surface area contributed by atoms with E-state index in [9.17, 15) is 9.59 Å². The number of carbonyl (C=O) groups is 2. The van der Waals surface area contributed by atoms with E-state index in [-0.39, 0.29) is 36.8 Å². The van der Waals surface area contributed by atoms with Gasteiger partial charge in [0.2, 0.25) is 5.91 Å². The van der Waals surface area contributed by atoms with Crippen LogP contribution in [0.15, 0.2) is 0 Å². The summed E-state index contributed by atoms with van der Waals surface area (Å²) in [6, 6.07) is 0.430. The van der Waals surface area contributed by atoms with Crippen molar-refractivity contribution in [1.82, 2.24) is 4.90 Å². The summed E-state index contributed by atoms with van der Waals surface area (Å²) >= 11 is 0. The Kier molecular flexibility index (Phi) is 4.58. The maximum Gasteiger partial charge on any atom is 0.306 e. The van der Waals surface area contributed by atoms with Gasteiger partial charge in [0, 0.05) is 6.42 Å². The molecule has 0 spiro atoms. The van der Waals surface area contributed by atoms with Crippen LogP contribution in [0.25, 0.3) is 0 Å². The standard InChI is InChI=1S/C13H21NO4/c1-2-18-13(16)7-6-12(15)14-10-4-3-5-11(14)9-17-8-10/h10-11H,2-9H2,1H3. The molecule has 102 valence electrons. The van der Waals surface area contributed by atoms with E-state index in [1.54, 1.807) is 6.92 Å². The fourth-order valence-corrected chi connectivity index (χ4v) is 2.81. The Labute approximate surface area is 107 Å². The van der Waals surface area contributed by atoms with Crippen LogP contribution in [0, 0.1) is 0 Å². The quantitative estimate of drug-likeness (QED) is 0.706. The van der Waals surface area contributed by atoms with Crippen LogP contribution in [0.4, 0.5) is 0 Å². The zero-order valence-corrected chi connectivity index (χ0v) is 10.9. The molecule has 0 aliphatic carbocycles. The molecular formula is C13H21NO4. The number of fused-ring (bicyclic) bond motifs is 2. The lowest BCUT2D eigenvalue weighted by Crippen LogP contribution is -2.57. The second-order valence-corrected chi connectivity index (χ2v) is 4.88. The van der Waals surface area contributed by atoms with Crippen LogP contribution < -0.4 is 0 Å². The molecule has 0 aromatic carbocycles. The van der Waals surface area contributed by atoms with Gasteiger partial charge in [-0.2, -0.15) is 0 Å². The molecule has 2 fully saturated rings. The first-order valence-corrected chi connectivity index (χ1v) is 6.77. The van der Waals surface area contributed by atoms with Gasteiger partial charge >= 0.3 is 5.97 Å². The van der Waals surface area contributed by atoms with Crippen molar-refractivity contribution in [3.05, 3.63) is 0 Å². The highest BCUT2D eigenvalue weighted by Gasteiger charge is 2.37. The van der Waals surface area contributed by atoms with E-state index in [0.29, 0.717) is 19.8 Å². The molecule has 5 heteroatoms. The van der Waals surface area contributed by atoms with Crippen molar-refractivity contribution in [2.75, 3.05) is 19.8 Å². The highest BCUT2D eigenvalue weighted by atomic mass is 16.5. The highest BCUT2D eigenvalue weighted by Crippen LogP contribution is 2.28. The summed E-state index contributed by atoms with van der Waals surface area (Å²) in [6.45, 7) is 3.42. The van der Waals surface area contributed by atoms with Gasteiger partial charge in [0.1, 0.15) is 0 Å². The van der Waals surface area contributed by atoms with Gasteiger partial charge in [0.15, 0.2) is 0 Å². The number of ether oxygens (including phenoxy) is 2. The van der Waals surface area contributed by atoms with E-state index >= 15 is 0 Å². The maximum absolute atomic E-state index is 12.2. The van der Waals surface area contributed by atoms with Crippen molar-refractivity contribution < 1.29 is 19.1 Å². The van der Waals surface area contributed by atoms with Gasteiger partial charge in [0.25, 0.3) is 0 Å². The number of carbonyl (C=O) groups excluding carboxylic acids is 2. The maximum atomic E-state index is 12.2. The summed E-state index contributed by atoms with van der Waals surface area (Å²) < 4.78 is 10.3. The van der Waals surface area contributed by atoms with Gasteiger partial charge in [-0.1, -0.05) is 0 Å². The summed E-state index contributed by atoms with van der Waals surface area (Å²) in [5, 5.41) is 0. The van der Waals surface area contributed by atoms with Crippen molar-refractivity contribution in [2.45, 2.75) is 51.1 Å². The first-order valence-electron chi connectivity index (χ1n) is 6.77. The monoisotopic (exact) mass is 255 g/mol. The molecule has 2 bridgehead atoms. The largest absolute Gasteiger partial charge is 0.466 e. The molecule has 2 aliphatic rings. The summed E-state index contributed by atoms with van der Waals surface area (Å²) in [5.41, 5.74) is 0. The van der Waals surface area contributed by atoms with E-state index in [0.717, 1.165) is 12.8 Å². The number of nitrogens with zero attached hydrogens (tertiary/aromatic N) is 1. The molecule has 0 saturated carbocycles. The van der Waals surface area contributed by atoms with Crippen LogP contribution in [-0.2, 0) is 19.1 Å². The van der Waals surface area contributed by atoms with Gasteiger partial charge in [-0.25, -0.2) is 0 Å². The summed E-state index contributed by atoms with van der Waals surface area (Å²) in [4.78, 5) is 25.4. The number of hydrogen-bond acceptors (Lipinski definition) is 4. The number of piperidine rings is 1. The van der Waals surface area contributed by atoms with Gasteiger partial charge < -0.3 is 14.4 Å². The Morgan fingerprint density at radius 3 is 2.50 bits per heavy atom. The molecule has 18 heavy (non-hydrogen) atoms. The molecule has 0 N–H and O–H groups in total. The summed E-state index contributed by atoms with van der Waals surface area (Å²) in [5.74, 6) is -0.217. The van der Waals surface area contributed by atoms with E-state index in [1.807, 2.05) is 4.90 Å². The van der Waals surface area contributed by atoms with Crippen LogP contribution in [0.2, 0.25) is 0 Å². The first-order chi connectivity index (χ1) is 8.72. The summed E-state index contributed by atoms with van der Waals surface area (Å²) in [7, 11) is 0. The van der Waals surface area contributed by atoms with E-state index in [4.69, 9.17) is 9.47 Å². The molecule has 2 rings (SSSR count). The zero-order chi connectivity index (χ0) is 13.0. The molecule has 0 radical (unpaired) electrons. The molecule has 1 amide bonds. The van der Waals surface area contributed by atoms with Gasteiger partial charge in [-0.15, -0.1) is 0 Å². The Morgan fingerprint density at radius 1 is 1.22 bits per heavy atom. The van der Waals surface area contributed by atoms with Crippen molar-refractivity contribution in [1.29, 1.82) is 0 Å². The number of esters is 1. The third-order valence-corrected chi connectivity index (χ3v) is 3.62. The fourth-order valence-electron chi connectivity index (χ4n) is 2.81. The molecule has 2 atom stereocenters. The lowest BCUT2D eigenvalue weighted by Gasteiger charge is -2.45. The SMILES string of the molecule is CCOC(=O)CCC(=O)N1C2CCCC1COC2. The lowest BCUT2D eigenvalue weighted by atomic mass is 9.94. The minimum absolute atomic E-state index is 0.0704. The lowest BCUT2D eigenvalue weighted by molar-refractivity contribution is -0.154. The Hall–Kier alpha value is -1.10. The Balaban J connectivity index is 1.86. The molecule has 0 aromatic heterocycles. The average Bonchev–Trinajstić information content (AvgIpc) is 2.35. The molecule has 2 aliphatic heterocycles. The van der Waals surface area contributed by atoms with Crippen molar-refractivity contribution in [2.24, 2.45) is 0 Å². The zero-order valence-electron chi connectivity index (χ0n) is 10.9. The molecular weight excluding hydrogens is 234 g/mol. The number of morpholine rings is 1.